The molecule has 0 saturated carbocycles. The molecule has 0 fully saturated rings. The van der Waals surface area contributed by atoms with Crippen molar-refractivity contribution in [1.29, 1.82) is 0 Å². The minimum absolute atomic E-state index is 0.500. The predicted molar refractivity (Wildman–Crippen MR) is 29.1 cm³/mol. The van der Waals surface area contributed by atoms with E-state index in [1.54, 1.807) is 0 Å². The fourth-order valence-electron chi connectivity index (χ4n) is 0. The first-order chi connectivity index (χ1) is 2.41. The fraction of sp³-hybridized carbons (Fsp3) is 1.00. The van der Waals surface area contributed by atoms with Crippen LogP contribution in [0.1, 0.15) is 0 Å². The molecule has 5 radical (unpaired) electrons. The Morgan fingerprint density at radius 2 is 1.20 bits per heavy atom. The van der Waals surface area contributed by atoms with Crippen molar-refractivity contribution in [1.82, 2.24) is 0 Å². The Labute approximate surface area is 49.4 Å². The third-order valence-electron chi connectivity index (χ3n) is 0. The van der Waals surface area contributed by atoms with E-state index in [1.165, 1.54) is 0 Å². The van der Waals surface area contributed by atoms with Gasteiger partial charge in [0.15, 0.2) is 0 Å². The molecule has 0 amide bonds. The molecule has 0 aliphatic rings. The Morgan fingerprint density at radius 1 is 1.20 bits per heavy atom. The zero-order valence-corrected chi connectivity index (χ0v) is 8.20. The van der Waals surface area contributed by atoms with Gasteiger partial charge in [-0.05, 0) is 0 Å². The molecule has 0 saturated heterocycles. The number of hydrogen-bond donors (Lipinski definition) is 0. The van der Waals surface area contributed by atoms with Crippen LogP contribution >= 0.6 is 0 Å². The molecule has 2 heteroatoms. The van der Waals surface area contributed by atoms with Gasteiger partial charge >= 0.3 is 49.2 Å². The van der Waals surface area contributed by atoms with Crippen LogP contribution in [0.2, 0.25) is 17.3 Å². The second kappa shape index (κ2) is 19.5. The first-order valence-electron chi connectivity index (χ1n) is 1.50. The quantitative estimate of drug-likeness (QED) is 0.500. The van der Waals surface area contributed by atoms with Gasteiger partial charge in [-0.25, -0.2) is 0 Å². The van der Waals surface area contributed by atoms with Crippen LogP contribution in [0.15, 0.2) is 0 Å². The Bertz CT molecular complexity index is 4.85. The summed E-state index contributed by atoms with van der Waals surface area (Å²) in [6, 6.07) is 0. The predicted octanol–water partition coefficient (Wildman–Crippen LogP) is 0.990. The summed E-state index contributed by atoms with van der Waals surface area (Å²) in [5.41, 5.74) is 0. The second-order valence-electron chi connectivity index (χ2n) is 0.500. The van der Waals surface area contributed by atoms with Crippen molar-refractivity contribution in [2.24, 2.45) is 0 Å². The Kier molecular flexibility index (Phi) is 36.8. The van der Waals surface area contributed by atoms with E-state index in [0.29, 0.717) is 15.4 Å². The number of hydrogen-bond acceptors (Lipinski definition) is 0. The molecule has 0 heterocycles. The Balaban J connectivity index is 0. The number of rotatable bonds is 0. The van der Waals surface area contributed by atoms with Gasteiger partial charge in [0.25, 0.3) is 0 Å². The standard InChI is InChI=1S/C2H6Ge.CH3Ge/c1-3-2;1-2/h1-2H3;1H3. The third-order valence-corrected chi connectivity index (χ3v) is 0. The third kappa shape index (κ3) is 41.1. The molecule has 0 N–H and O–H groups in total. The summed E-state index contributed by atoms with van der Waals surface area (Å²) < 4.78 is 0. The zero-order chi connectivity index (χ0) is 4.71. The van der Waals surface area contributed by atoms with Crippen molar-refractivity contribution in [3.05, 3.63) is 0 Å². The fourth-order valence-corrected chi connectivity index (χ4v) is 0. The second-order valence-corrected chi connectivity index (χ2v) is 2.60. The van der Waals surface area contributed by atoms with Gasteiger partial charge in [-0.2, -0.15) is 0 Å². The van der Waals surface area contributed by atoms with Crippen molar-refractivity contribution in [3.63, 3.8) is 0 Å². The van der Waals surface area contributed by atoms with E-state index < -0.39 is 0 Å². The summed E-state index contributed by atoms with van der Waals surface area (Å²) in [6.45, 7) is 0. The summed E-state index contributed by atoms with van der Waals surface area (Å²) in [5.74, 6) is 6.50. The average molecular weight is 190 g/mol. The van der Waals surface area contributed by atoms with Crippen molar-refractivity contribution < 1.29 is 0 Å². The molecule has 5 heavy (non-hydrogen) atoms. The topological polar surface area (TPSA) is 0 Å². The molecule has 0 unspecified atom stereocenters. The zero-order valence-electron chi connectivity index (χ0n) is 4.00. The molecule has 0 nitrogen and oxygen atoms in total. The van der Waals surface area contributed by atoms with Gasteiger partial charge in [-0.1, -0.05) is 0 Å². The van der Waals surface area contributed by atoms with E-state index in [-0.39, 0.29) is 0 Å². The van der Waals surface area contributed by atoms with Crippen LogP contribution in [0.3, 0.4) is 0 Å². The van der Waals surface area contributed by atoms with Gasteiger partial charge in [0.1, 0.15) is 0 Å². The van der Waals surface area contributed by atoms with Gasteiger partial charge < -0.3 is 0 Å². The molecular formula is C3H9Ge2. The molecule has 0 atom stereocenters. The van der Waals surface area contributed by atoms with E-state index in [1.807, 2.05) is 22.3 Å². The van der Waals surface area contributed by atoms with E-state index in [0.717, 1.165) is 0 Å². The molecule has 0 aromatic carbocycles. The molecule has 0 rings (SSSR count). The van der Waals surface area contributed by atoms with Crippen LogP contribution in [0.5, 0.6) is 0 Å². The summed E-state index contributed by atoms with van der Waals surface area (Å²) >= 11 is 2.50. The molecule has 0 aromatic rings. The van der Waals surface area contributed by atoms with Crippen LogP contribution in [0.25, 0.3) is 0 Å². The summed E-state index contributed by atoms with van der Waals surface area (Å²) in [4.78, 5) is 0. The Hall–Kier alpha value is 1.09. The van der Waals surface area contributed by atoms with Crippen molar-refractivity contribution in [2.45, 2.75) is 17.3 Å². The van der Waals surface area contributed by atoms with Crippen LogP contribution in [0.4, 0.5) is 0 Å². The van der Waals surface area contributed by atoms with Gasteiger partial charge in [-0.15, -0.1) is 0 Å². The Morgan fingerprint density at radius 3 is 1.20 bits per heavy atom. The summed E-state index contributed by atoms with van der Waals surface area (Å²) in [5, 5.41) is 0. The minimum atomic E-state index is 0.500. The van der Waals surface area contributed by atoms with E-state index >= 15 is 0 Å². The summed E-state index contributed by atoms with van der Waals surface area (Å²) in [7, 11) is 0. The van der Waals surface area contributed by atoms with E-state index in [9.17, 15) is 0 Å². The molecule has 0 aliphatic carbocycles. The maximum absolute atomic E-state index is 2.25. The normalized spacial score (nSPS) is 4.80. The van der Waals surface area contributed by atoms with Crippen LogP contribution in [-0.2, 0) is 0 Å². The van der Waals surface area contributed by atoms with Gasteiger partial charge in [-0.3, -0.25) is 0 Å². The first kappa shape index (κ1) is 9.43. The average Bonchev–Trinajstić information content (AvgIpc) is 1.46. The van der Waals surface area contributed by atoms with E-state index in [2.05, 4.69) is 11.5 Å². The van der Waals surface area contributed by atoms with Crippen LogP contribution in [0, 0.1) is 0 Å². The van der Waals surface area contributed by atoms with Gasteiger partial charge in [0.05, 0.1) is 0 Å². The molecule has 0 bridgehead atoms. The molecule has 29 valence electrons. The summed E-state index contributed by atoms with van der Waals surface area (Å²) in [6.07, 6.45) is 0. The van der Waals surface area contributed by atoms with Gasteiger partial charge in [0.2, 0.25) is 0 Å². The molecule has 0 aliphatic heterocycles. The molecule has 0 aromatic heterocycles. The molecular weight excluding hydrogens is 181 g/mol. The first-order valence-corrected chi connectivity index (χ1v) is 7.79. The van der Waals surface area contributed by atoms with Crippen LogP contribution in [-0.4, -0.2) is 31.9 Å². The monoisotopic (exact) mass is 193 g/mol. The van der Waals surface area contributed by atoms with Crippen LogP contribution < -0.4 is 0 Å². The van der Waals surface area contributed by atoms with Crippen molar-refractivity contribution in [3.8, 4) is 0 Å². The van der Waals surface area contributed by atoms with Crippen molar-refractivity contribution in [2.75, 3.05) is 0 Å². The molecule has 0 spiro atoms. The maximum atomic E-state index is 2.25. The van der Waals surface area contributed by atoms with Gasteiger partial charge in [0, 0.05) is 0 Å². The SMILES string of the molecule is [CH3][Ge].[CH3][Ge][CH3]. The van der Waals surface area contributed by atoms with Crippen molar-refractivity contribution >= 4 is 31.9 Å². The van der Waals surface area contributed by atoms with E-state index in [4.69, 9.17) is 0 Å².